The third-order valence-electron chi connectivity index (χ3n) is 3.71. The summed E-state index contributed by atoms with van der Waals surface area (Å²) in [5.74, 6) is -1.16. The molecule has 1 atom stereocenters. The van der Waals surface area contributed by atoms with E-state index in [1.165, 1.54) is 18.6 Å². The zero-order chi connectivity index (χ0) is 20.8. The minimum absolute atomic E-state index is 0.00939. The largest absolute Gasteiger partial charge is 0.494 e. The van der Waals surface area contributed by atoms with Crippen molar-refractivity contribution in [1.82, 2.24) is 14.7 Å². The maximum absolute atomic E-state index is 13.2. The highest BCUT2D eigenvalue weighted by molar-refractivity contribution is 7.04. The Balaban J connectivity index is 1.65. The number of benzene rings is 1. The maximum atomic E-state index is 13.2. The van der Waals surface area contributed by atoms with Gasteiger partial charge in [0.15, 0.2) is 5.69 Å². The molecule has 152 valence electrons. The number of halogens is 2. The average Bonchev–Trinajstić information content (AvgIpc) is 3.18. The number of amides is 1. The van der Waals surface area contributed by atoms with Crippen molar-refractivity contribution in [3.05, 3.63) is 59.2 Å². The summed E-state index contributed by atoms with van der Waals surface area (Å²) in [6, 6.07) is 5.73. The highest BCUT2D eigenvalue weighted by Gasteiger charge is 2.18. The number of anilines is 2. The average molecular weight is 420 g/mol. The molecule has 0 saturated heterocycles. The standard InChI is InChI=1S/C19H18F2N4O3S/c1-11(9-28-15-6-12(20)5-13(21)7-15)23-19(26)18-16(27-2)3-4-17(25-18)24-14-8-22-29-10-14/h3-8,10-11H,9H2,1-2H3,(H,23,26)(H,24,25). The van der Waals surface area contributed by atoms with Gasteiger partial charge in [-0.15, -0.1) is 0 Å². The third kappa shape index (κ3) is 5.61. The lowest BCUT2D eigenvalue weighted by molar-refractivity contribution is 0.0918. The van der Waals surface area contributed by atoms with Crippen molar-refractivity contribution >= 4 is 28.9 Å². The summed E-state index contributed by atoms with van der Waals surface area (Å²) in [7, 11) is 1.44. The van der Waals surface area contributed by atoms with Gasteiger partial charge in [-0.2, -0.15) is 4.37 Å². The van der Waals surface area contributed by atoms with E-state index >= 15 is 0 Å². The highest BCUT2D eigenvalue weighted by atomic mass is 32.1. The number of aromatic nitrogens is 2. The van der Waals surface area contributed by atoms with Crippen LogP contribution >= 0.6 is 11.5 Å². The molecule has 0 aliphatic heterocycles. The van der Waals surface area contributed by atoms with E-state index in [-0.39, 0.29) is 18.1 Å². The second-order valence-electron chi connectivity index (χ2n) is 6.08. The van der Waals surface area contributed by atoms with Crippen molar-refractivity contribution in [2.45, 2.75) is 13.0 Å². The molecule has 0 spiro atoms. The van der Waals surface area contributed by atoms with Crippen LogP contribution in [0.2, 0.25) is 0 Å². The molecule has 0 aliphatic carbocycles. The van der Waals surface area contributed by atoms with Crippen LogP contribution < -0.4 is 20.1 Å². The van der Waals surface area contributed by atoms with Gasteiger partial charge in [0.05, 0.1) is 25.0 Å². The first kappa shape index (κ1) is 20.5. The van der Waals surface area contributed by atoms with Crippen molar-refractivity contribution < 1.29 is 23.0 Å². The number of methoxy groups -OCH3 is 1. The molecule has 10 heteroatoms. The van der Waals surface area contributed by atoms with Gasteiger partial charge in [0.25, 0.3) is 5.91 Å². The lowest BCUT2D eigenvalue weighted by atomic mass is 10.2. The Morgan fingerprint density at radius 3 is 2.66 bits per heavy atom. The van der Waals surface area contributed by atoms with Gasteiger partial charge in [-0.3, -0.25) is 4.79 Å². The highest BCUT2D eigenvalue weighted by Crippen LogP contribution is 2.22. The molecule has 0 radical (unpaired) electrons. The van der Waals surface area contributed by atoms with Gasteiger partial charge >= 0.3 is 0 Å². The number of carbonyl (C=O) groups excluding carboxylic acids is 1. The quantitative estimate of drug-likeness (QED) is 0.577. The van der Waals surface area contributed by atoms with Gasteiger partial charge in [-0.25, -0.2) is 13.8 Å². The van der Waals surface area contributed by atoms with Crippen LogP contribution in [0.25, 0.3) is 0 Å². The van der Waals surface area contributed by atoms with E-state index in [0.29, 0.717) is 11.6 Å². The molecule has 1 amide bonds. The van der Waals surface area contributed by atoms with Crippen LogP contribution in [0.1, 0.15) is 17.4 Å². The van der Waals surface area contributed by atoms with Crippen LogP contribution in [0.15, 0.2) is 41.9 Å². The number of nitrogens with one attached hydrogen (secondary N) is 2. The Kier molecular flexibility index (Phi) is 6.55. The number of rotatable bonds is 8. The molecular weight excluding hydrogens is 402 g/mol. The predicted octanol–water partition coefficient (Wildman–Crippen LogP) is 3.77. The molecule has 1 aromatic carbocycles. The fraction of sp³-hybridized carbons (Fsp3) is 0.211. The Hall–Kier alpha value is -3.27. The smallest absolute Gasteiger partial charge is 0.274 e. The summed E-state index contributed by atoms with van der Waals surface area (Å²) in [6.45, 7) is 1.70. The van der Waals surface area contributed by atoms with Gasteiger partial charge < -0.3 is 20.1 Å². The van der Waals surface area contributed by atoms with Gasteiger partial charge in [0.2, 0.25) is 0 Å². The number of hydrogen-bond acceptors (Lipinski definition) is 7. The Bertz CT molecular complexity index is 965. The summed E-state index contributed by atoms with van der Waals surface area (Å²) in [5.41, 5.74) is 0.840. The molecule has 0 fully saturated rings. The molecule has 0 aliphatic rings. The number of carbonyl (C=O) groups is 1. The second-order valence-corrected chi connectivity index (χ2v) is 6.73. The molecule has 2 heterocycles. The van der Waals surface area contributed by atoms with Crippen molar-refractivity contribution in [2.75, 3.05) is 19.0 Å². The Morgan fingerprint density at radius 1 is 1.24 bits per heavy atom. The van der Waals surface area contributed by atoms with E-state index in [1.807, 2.05) is 0 Å². The first-order valence-electron chi connectivity index (χ1n) is 8.56. The minimum Gasteiger partial charge on any atom is -0.494 e. The summed E-state index contributed by atoms with van der Waals surface area (Å²) < 4.78 is 41.0. The van der Waals surface area contributed by atoms with Crippen molar-refractivity contribution in [1.29, 1.82) is 0 Å². The zero-order valence-corrected chi connectivity index (χ0v) is 16.4. The van der Waals surface area contributed by atoms with E-state index in [9.17, 15) is 13.6 Å². The maximum Gasteiger partial charge on any atom is 0.274 e. The van der Waals surface area contributed by atoms with Crippen LogP contribution in [0.4, 0.5) is 20.3 Å². The van der Waals surface area contributed by atoms with Gasteiger partial charge in [-0.1, -0.05) is 0 Å². The minimum atomic E-state index is -0.740. The predicted molar refractivity (Wildman–Crippen MR) is 105 cm³/mol. The third-order valence-corrected chi connectivity index (χ3v) is 4.30. The topological polar surface area (TPSA) is 85.4 Å². The lowest BCUT2D eigenvalue weighted by Crippen LogP contribution is -2.37. The van der Waals surface area contributed by atoms with Crippen LogP contribution in [-0.4, -0.2) is 35.0 Å². The zero-order valence-electron chi connectivity index (χ0n) is 15.6. The number of hydrogen-bond donors (Lipinski definition) is 2. The summed E-state index contributed by atoms with van der Waals surface area (Å²) in [5, 5.41) is 7.58. The number of nitrogens with zero attached hydrogens (tertiary/aromatic N) is 2. The fourth-order valence-electron chi connectivity index (χ4n) is 2.42. The molecule has 0 saturated carbocycles. The number of pyridine rings is 1. The van der Waals surface area contributed by atoms with E-state index < -0.39 is 23.6 Å². The normalized spacial score (nSPS) is 11.6. The van der Waals surface area contributed by atoms with E-state index in [0.717, 1.165) is 23.9 Å². The fourth-order valence-corrected chi connectivity index (χ4v) is 2.89. The Labute approximate surface area is 169 Å². The molecule has 7 nitrogen and oxygen atoms in total. The van der Waals surface area contributed by atoms with Crippen LogP contribution in [0.3, 0.4) is 0 Å². The SMILES string of the molecule is COc1ccc(Nc2cnsc2)nc1C(=O)NC(C)COc1cc(F)cc(F)c1. The van der Waals surface area contributed by atoms with Gasteiger partial charge in [0.1, 0.15) is 35.6 Å². The van der Waals surface area contributed by atoms with Crippen molar-refractivity contribution in [2.24, 2.45) is 0 Å². The second kappa shape index (κ2) is 9.28. The molecule has 3 aromatic rings. The summed E-state index contributed by atoms with van der Waals surface area (Å²) >= 11 is 1.29. The molecule has 0 bridgehead atoms. The molecule has 2 aromatic heterocycles. The van der Waals surface area contributed by atoms with Crippen LogP contribution in [-0.2, 0) is 0 Å². The van der Waals surface area contributed by atoms with Crippen molar-refractivity contribution in [3.63, 3.8) is 0 Å². The summed E-state index contributed by atoms with van der Waals surface area (Å²) in [4.78, 5) is 16.9. The van der Waals surface area contributed by atoms with Gasteiger partial charge in [0, 0.05) is 23.6 Å². The van der Waals surface area contributed by atoms with Crippen LogP contribution in [0.5, 0.6) is 11.5 Å². The van der Waals surface area contributed by atoms with Crippen molar-refractivity contribution in [3.8, 4) is 11.5 Å². The molecule has 29 heavy (non-hydrogen) atoms. The molecule has 1 unspecified atom stereocenters. The monoisotopic (exact) mass is 420 g/mol. The van der Waals surface area contributed by atoms with Gasteiger partial charge in [-0.05, 0) is 30.6 Å². The first-order chi connectivity index (χ1) is 13.9. The molecule has 3 rings (SSSR count). The van der Waals surface area contributed by atoms with E-state index in [4.69, 9.17) is 9.47 Å². The molecular formula is C19H18F2N4O3S. The van der Waals surface area contributed by atoms with E-state index in [1.54, 1.807) is 30.6 Å². The van der Waals surface area contributed by atoms with Crippen LogP contribution in [0, 0.1) is 11.6 Å². The molecule has 2 N–H and O–H groups in total. The first-order valence-corrected chi connectivity index (χ1v) is 9.39. The Morgan fingerprint density at radius 2 is 2.00 bits per heavy atom. The number of ether oxygens (including phenoxy) is 2. The lowest BCUT2D eigenvalue weighted by Gasteiger charge is -2.16. The summed E-state index contributed by atoms with van der Waals surface area (Å²) in [6.07, 6.45) is 1.64. The van der Waals surface area contributed by atoms with E-state index in [2.05, 4.69) is 20.0 Å².